The molecule has 1 heterocycles. The van der Waals surface area contributed by atoms with Gasteiger partial charge in [0.1, 0.15) is 5.75 Å². The fourth-order valence-corrected chi connectivity index (χ4v) is 2.62. The molecule has 0 aliphatic rings. The van der Waals surface area contributed by atoms with Crippen molar-refractivity contribution < 1.29 is 9.53 Å². The molecule has 0 radical (unpaired) electrons. The zero-order chi connectivity index (χ0) is 13.6. The van der Waals surface area contributed by atoms with E-state index in [2.05, 4.69) is 40.1 Å². The third-order valence-electron chi connectivity index (χ3n) is 3.24. The normalized spacial score (nSPS) is 11.1. The van der Waals surface area contributed by atoms with E-state index in [1.165, 1.54) is 7.11 Å². The summed E-state index contributed by atoms with van der Waals surface area (Å²) in [4.78, 5) is 16.2. The second-order valence-electron chi connectivity index (χ2n) is 4.15. The lowest BCUT2D eigenvalue weighted by Crippen LogP contribution is -2.49. The first-order chi connectivity index (χ1) is 8.62. The number of aromatic nitrogens is 1. The topological polar surface area (TPSA) is 51.2 Å². The van der Waals surface area contributed by atoms with E-state index in [0.717, 1.165) is 18.2 Å². The van der Waals surface area contributed by atoms with Gasteiger partial charge in [0.05, 0.1) is 18.9 Å². The summed E-state index contributed by atoms with van der Waals surface area (Å²) in [6.45, 7) is 4.13. The Bertz CT molecular complexity index is 397. The van der Waals surface area contributed by atoms with Gasteiger partial charge in [-0.25, -0.2) is 0 Å². The SMILES string of the molecule is CCC(CC)(CBr)NC(=O)c1ccncc1OC. The highest BCUT2D eigenvalue weighted by atomic mass is 79.9. The van der Waals surface area contributed by atoms with E-state index in [4.69, 9.17) is 4.74 Å². The number of alkyl halides is 1. The highest BCUT2D eigenvalue weighted by molar-refractivity contribution is 9.09. The molecule has 0 aliphatic heterocycles. The summed E-state index contributed by atoms with van der Waals surface area (Å²) in [5.74, 6) is 0.364. The zero-order valence-corrected chi connectivity index (χ0v) is 12.6. The molecule has 1 N–H and O–H groups in total. The van der Waals surface area contributed by atoms with Crippen LogP contribution in [0.15, 0.2) is 18.5 Å². The number of carbonyl (C=O) groups excluding carboxylic acids is 1. The van der Waals surface area contributed by atoms with Crippen LogP contribution >= 0.6 is 15.9 Å². The molecule has 5 heteroatoms. The van der Waals surface area contributed by atoms with Crippen molar-refractivity contribution in [2.75, 3.05) is 12.4 Å². The molecule has 0 saturated heterocycles. The lowest BCUT2D eigenvalue weighted by molar-refractivity contribution is 0.0900. The minimum Gasteiger partial charge on any atom is -0.494 e. The van der Waals surface area contributed by atoms with Crippen molar-refractivity contribution >= 4 is 21.8 Å². The smallest absolute Gasteiger partial charge is 0.255 e. The van der Waals surface area contributed by atoms with Gasteiger partial charge in [-0.2, -0.15) is 0 Å². The Morgan fingerprint density at radius 1 is 1.50 bits per heavy atom. The molecule has 0 saturated carbocycles. The number of halogens is 1. The molecule has 18 heavy (non-hydrogen) atoms. The summed E-state index contributed by atoms with van der Waals surface area (Å²) in [6.07, 6.45) is 4.87. The number of amides is 1. The third kappa shape index (κ3) is 3.22. The molecular weight excluding hydrogens is 296 g/mol. The quantitative estimate of drug-likeness (QED) is 0.821. The molecule has 0 aliphatic carbocycles. The highest BCUT2D eigenvalue weighted by Gasteiger charge is 2.28. The third-order valence-corrected chi connectivity index (χ3v) is 4.31. The predicted molar refractivity (Wildman–Crippen MR) is 75.4 cm³/mol. The first kappa shape index (κ1) is 15.0. The van der Waals surface area contributed by atoms with E-state index in [9.17, 15) is 4.79 Å². The van der Waals surface area contributed by atoms with Crippen molar-refractivity contribution in [2.24, 2.45) is 0 Å². The number of ether oxygens (including phenoxy) is 1. The number of nitrogens with one attached hydrogen (secondary N) is 1. The fourth-order valence-electron chi connectivity index (χ4n) is 1.69. The summed E-state index contributed by atoms with van der Waals surface area (Å²) in [7, 11) is 1.53. The summed E-state index contributed by atoms with van der Waals surface area (Å²) in [6, 6.07) is 1.67. The van der Waals surface area contributed by atoms with Gasteiger partial charge in [-0.15, -0.1) is 0 Å². The van der Waals surface area contributed by atoms with Crippen LogP contribution in [0.4, 0.5) is 0 Å². The average molecular weight is 315 g/mol. The Hall–Kier alpha value is -1.10. The van der Waals surface area contributed by atoms with Crippen LogP contribution in [-0.4, -0.2) is 28.9 Å². The lowest BCUT2D eigenvalue weighted by atomic mass is 9.95. The van der Waals surface area contributed by atoms with Crippen LogP contribution in [-0.2, 0) is 0 Å². The van der Waals surface area contributed by atoms with E-state index in [-0.39, 0.29) is 11.4 Å². The Morgan fingerprint density at radius 2 is 2.17 bits per heavy atom. The number of pyridine rings is 1. The average Bonchev–Trinajstić information content (AvgIpc) is 2.44. The van der Waals surface area contributed by atoms with Crippen LogP contribution in [0.25, 0.3) is 0 Å². The Labute approximate surface area is 116 Å². The molecule has 1 amide bonds. The van der Waals surface area contributed by atoms with Gasteiger partial charge in [-0.05, 0) is 18.9 Å². The number of methoxy groups -OCH3 is 1. The van der Waals surface area contributed by atoms with Crippen molar-refractivity contribution in [1.29, 1.82) is 0 Å². The zero-order valence-electron chi connectivity index (χ0n) is 11.0. The molecule has 1 rings (SSSR count). The molecule has 1 aromatic rings. The van der Waals surface area contributed by atoms with Gasteiger partial charge in [0, 0.05) is 17.1 Å². The lowest BCUT2D eigenvalue weighted by Gasteiger charge is -2.31. The molecule has 100 valence electrons. The minimum absolute atomic E-state index is 0.127. The molecule has 0 atom stereocenters. The van der Waals surface area contributed by atoms with Gasteiger partial charge in [-0.3, -0.25) is 9.78 Å². The van der Waals surface area contributed by atoms with Gasteiger partial charge in [0.15, 0.2) is 0 Å². The van der Waals surface area contributed by atoms with Crippen LogP contribution in [0.1, 0.15) is 37.0 Å². The Balaban J connectivity index is 2.94. The van der Waals surface area contributed by atoms with E-state index in [0.29, 0.717) is 11.3 Å². The van der Waals surface area contributed by atoms with Gasteiger partial charge < -0.3 is 10.1 Å². The molecule has 0 unspecified atom stereocenters. The molecule has 4 nitrogen and oxygen atoms in total. The monoisotopic (exact) mass is 314 g/mol. The van der Waals surface area contributed by atoms with Crippen molar-refractivity contribution in [3.05, 3.63) is 24.0 Å². The summed E-state index contributed by atoms with van der Waals surface area (Å²) in [5.41, 5.74) is 0.297. The maximum absolute atomic E-state index is 12.3. The first-order valence-electron chi connectivity index (χ1n) is 5.99. The molecule has 0 aromatic carbocycles. The molecule has 1 aromatic heterocycles. The Morgan fingerprint density at radius 3 is 2.67 bits per heavy atom. The highest BCUT2D eigenvalue weighted by Crippen LogP contribution is 2.21. The maximum Gasteiger partial charge on any atom is 0.255 e. The number of nitrogens with zero attached hydrogens (tertiary/aromatic N) is 1. The predicted octanol–water partition coefficient (Wildman–Crippen LogP) is 2.77. The van der Waals surface area contributed by atoms with Crippen molar-refractivity contribution in [3.8, 4) is 5.75 Å². The van der Waals surface area contributed by atoms with E-state index >= 15 is 0 Å². The summed E-state index contributed by atoms with van der Waals surface area (Å²) in [5, 5.41) is 3.81. The standard InChI is InChI=1S/C13H19BrN2O2/c1-4-13(5-2,9-14)16-12(17)10-6-7-15-8-11(10)18-3/h6-8H,4-5,9H2,1-3H3,(H,16,17). The summed E-state index contributed by atoms with van der Waals surface area (Å²) < 4.78 is 5.15. The Kier molecular flexibility index (Phi) is 5.59. The van der Waals surface area contributed by atoms with Crippen LogP contribution < -0.4 is 10.1 Å². The van der Waals surface area contributed by atoms with Crippen LogP contribution in [0.3, 0.4) is 0 Å². The van der Waals surface area contributed by atoms with E-state index in [1.807, 2.05) is 0 Å². The molecular formula is C13H19BrN2O2. The largest absolute Gasteiger partial charge is 0.494 e. The second-order valence-corrected chi connectivity index (χ2v) is 4.71. The van der Waals surface area contributed by atoms with Crippen LogP contribution in [0, 0.1) is 0 Å². The first-order valence-corrected chi connectivity index (χ1v) is 7.11. The number of hydrogen-bond acceptors (Lipinski definition) is 3. The molecule has 0 fully saturated rings. The fraction of sp³-hybridized carbons (Fsp3) is 0.538. The van der Waals surface area contributed by atoms with E-state index in [1.54, 1.807) is 18.5 Å². The molecule has 0 spiro atoms. The number of rotatable bonds is 6. The van der Waals surface area contributed by atoms with Crippen molar-refractivity contribution in [1.82, 2.24) is 10.3 Å². The van der Waals surface area contributed by atoms with Gasteiger partial charge in [-0.1, -0.05) is 29.8 Å². The van der Waals surface area contributed by atoms with Gasteiger partial charge in [0.2, 0.25) is 0 Å². The van der Waals surface area contributed by atoms with Crippen molar-refractivity contribution in [3.63, 3.8) is 0 Å². The summed E-state index contributed by atoms with van der Waals surface area (Å²) >= 11 is 3.47. The van der Waals surface area contributed by atoms with Crippen molar-refractivity contribution in [2.45, 2.75) is 32.2 Å². The number of carbonyl (C=O) groups is 1. The van der Waals surface area contributed by atoms with E-state index < -0.39 is 0 Å². The maximum atomic E-state index is 12.3. The van der Waals surface area contributed by atoms with Crippen LogP contribution in [0.5, 0.6) is 5.75 Å². The number of hydrogen-bond donors (Lipinski definition) is 1. The minimum atomic E-state index is -0.217. The van der Waals surface area contributed by atoms with Crippen LogP contribution in [0.2, 0.25) is 0 Å². The second kappa shape index (κ2) is 6.73. The molecule has 0 bridgehead atoms. The van der Waals surface area contributed by atoms with Gasteiger partial charge in [0.25, 0.3) is 5.91 Å². The van der Waals surface area contributed by atoms with Gasteiger partial charge >= 0.3 is 0 Å².